The predicted octanol–water partition coefficient (Wildman–Crippen LogP) is 3.97. The third-order valence-electron chi connectivity index (χ3n) is 4.25. The largest absolute Gasteiger partial charge is 0.371 e. The number of nitriles is 1. The molecule has 126 valence electrons. The molecule has 0 fully saturated rings. The van der Waals surface area contributed by atoms with Crippen LogP contribution in [0.2, 0.25) is 0 Å². The van der Waals surface area contributed by atoms with Gasteiger partial charge in [-0.1, -0.05) is 18.2 Å². The Labute approximate surface area is 147 Å². The van der Waals surface area contributed by atoms with E-state index in [4.69, 9.17) is 5.26 Å². The summed E-state index contributed by atoms with van der Waals surface area (Å²) in [6, 6.07) is 16.4. The topological polar surface area (TPSA) is 57.2 Å². The Bertz CT molecular complexity index is 933. The molecular weight excluding hydrogens is 310 g/mol. The molecule has 1 heterocycles. The summed E-state index contributed by atoms with van der Waals surface area (Å²) in [4.78, 5) is 6.56. The quantitative estimate of drug-likeness (QED) is 0.642. The number of rotatable bonds is 6. The Balaban J connectivity index is 1.82. The van der Waals surface area contributed by atoms with Crippen LogP contribution in [-0.2, 0) is 0 Å². The van der Waals surface area contributed by atoms with Gasteiger partial charge < -0.3 is 4.90 Å². The first-order valence-corrected chi connectivity index (χ1v) is 8.42. The van der Waals surface area contributed by atoms with Crippen LogP contribution < -0.4 is 4.90 Å². The number of aromatic nitrogens is 2. The van der Waals surface area contributed by atoms with Crippen LogP contribution in [-0.4, -0.2) is 29.0 Å². The van der Waals surface area contributed by atoms with E-state index in [9.17, 15) is 0 Å². The molecule has 0 bridgehead atoms. The van der Waals surface area contributed by atoms with E-state index < -0.39 is 0 Å². The fourth-order valence-electron chi connectivity index (χ4n) is 2.82. The molecule has 2 aromatic carbocycles. The number of aryl methyl sites for hydroxylation is 1. The van der Waals surface area contributed by atoms with Crippen LogP contribution in [0.25, 0.3) is 11.0 Å². The molecule has 5 nitrogen and oxygen atoms in total. The molecule has 0 unspecified atom stereocenters. The molecule has 0 aliphatic heterocycles. The zero-order valence-corrected chi connectivity index (χ0v) is 14.6. The Morgan fingerprint density at radius 3 is 2.88 bits per heavy atom. The maximum Gasteiger partial charge on any atom is 0.118 e. The minimum atomic E-state index is 0.532. The highest BCUT2D eigenvalue weighted by Crippen LogP contribution is 2.19. The van der Waals surface area contributed by atoms with E-state index in [0.29, 0.717) is 6.42 Å². The minimum Gasteiger partial charge on any atom is -0.371 e. The van der Waals surface area contributed by atoms with Gasteiger partial charge in [0.25, 0.3) is 0 Å². The molecule has 5 heteroatoms. The van der Waals surface area contributed by atoms with Gasteiger partial charge >= 0.3 is 0 Å². The lowest BCUT2D eigenvalue weighted by Crippen LogP contribution is -2.23. The van der Waals surface area contributed by atoms with Gasteiger partial charge in [0.15, 0.2) is 0 Å². The van der Waals surface area contributed by atoms with Crippen molar-refractivity contribution in [2.24, 2.45) is 5.10 Å². The Hall–Kier alpha value is -3.13. The number of imidazole rings is 1. The van der Waals surface area contributed by atoms with Crippen molar-refractivity contribution in [3.63, 3.8) is 0 Å². The van der Waals surface area contributed by atoms with E-state index in [1.54, 1.807) is 11.0 Å². The first kappa shape index (κ1) is 16.7. The van der Waals surface area contributed by atoms with E-state index in [1.165, 1.54) is 0 Å². The zero-order valence-electron chi connectivity index (χ0n) is 14.6. The van der Waals surface area contributed by atoms with E-state index in [1.807, 2.05) is 30.5 Å². The fraction of sp³-hybridized carbons (Fsp3) is 0.250. The predicted molar refractivity (Wildman–Crippen MR) is 102 cm³/mol. The van der Waals surface area contributed by atoms with Crippen molar-refractivity contribution in [1.82, 2.24) is 9.66 Å². The van der Waals surface area contributed by atoms with Crippen molar-refractivity contribution in [2.75, 3.05) is 18.0 Å². The number of hydrogen-bond acceptors (Lipinski definition) is 4. The number of benzene rings is 2. The summed E-state index contributed by atoms with van der Waals surface area (Å²) in [5, 5.41) is 13.3. The van der Waals surface area contributed by atoms with Crippen LogP contribution in [0.3, 0.4) is 0 Å². The van der Waals surface area contributed by atoms with Gasteiger partial charge in [0.05, 0.1) is 29.7 Å². The smallest absolute Gasteiger partial charge is 0.118 e. The van der Waals surface area contributed by atoms with Crippen LogP contribution >= 0.6 is 0 Å². The maximum atomic E-state index is 8.79. The van der Waals surface area contributed by atoms with Gasteiger partial charge in [-0.05, 0) is 49.2 Å². The second-order valence-corrected chi connectivity index (χ2v) is 5.85. The Morgan fingerprint density at radius 2 is 2.12 bits per heavy atom. The summed E-state index contributed by atoms with van der Waals surface area (Å²) in [6.07, 6.45) is 4.12. The molecule has 0 saturated heterocycles. The van der Waals surface area contributed by atoms with Crippen LogP contribution in [0.15, 0.2) is 53.9 Å². The third-order valence-corrected chi connectivity index (χ3v) is 4.25. The molecular formula is C20H21N5. The van der Waals surface area contributed by atoms with Gasteiger partial charge in [-0.25, -0.2) is 9.66 Å². The van der Waals surface area contributed by atoms with Gasteiger partial charge in [-0.15, -0.1) is 0 Å². The van der Waals surface area contributed by atoms with Crippen LogP contribution in [0, 0.1) is 18.3 Å². The van der Waals surface area contributed by atoms with Gasteiger partial charge in [0.1, 0.15) is 6.33 Å². The highest BCUT2D eigenvalue weighted by molar-refractivity contribution is 5.83. The Kier molecular flexibility index (Phi) is 5.10. The van der Waals surface area contributed by atoms with Crippen LogP contribution in [0.1, 0.15) is 24.5 Å². The molecule has 0 spiro atoms. The summed E-state index contributed by atoms with van der Waals surface area (Å²) in [6.45, 7) is 5.82. The molecule has 1 aromatic heterocycles. The second kappa shape index (κ2) is 7.63. The molecule has 0 aliphatic carbocycles. The van der Waals surface area contributed by atoms with Crippen LogP contribution in [0.5, 0.6) is 0 Å². The average Bonchev–Trinajstić information content (AvgIpc) is 3.05. The molecule has 3 rings (SSSR count). The maximum absolute atomic E-state index is 8.79. The van der Waals surface area contributed by atoms with E-state index in [2.05, 4.69) is 53.1 Å². The summed E-state index contributed by atoms with van der Waals surface area (Å²) in [7, 11) is 0. The number of anilines is 1. The first-order valence-electron chi connectivity index (χ1n) is 8.42. The summed E-state index contributed by atoms with van der Waals surface area (Å²) < 4.78 is 1.79. The lowest BCUT2D eigenvalue weighted by atomic mass is 10.1. The molecule has 0 atom stereocenters. The van der Waals surface area contributed by atoms with Crippen molar-refractivity contribution in [2.45, 2.75) is 20.3 Å². The SMILES string of the molecule is CCN(CCC#N)c1ccc(/C=N\n2cnc3ccccc32)c(C)c1. The van der Waals surface area contributed by atoms with Crippen molar-refractivity contribution >= 4 is 22.9 Å². The highest BCUT2D eigenvalue weighted by Gasteiger charge is 2.06. The van der Waals surface area contributed by atoms with Gasteiger partial charge in [0, 0.05) is 18.8 Å². The van der Waals surface area contributed by atoms with E-state index in [-0.39, 0.29) is 0 Å². The molecule has 0 N–H and O–H groups in total. The van der Waals surface area contributed by atoms with Crippen LogP contribution in [0.4, 0.5) is 5.69 Å². The van der Waals surface area contributed by atoms with Crippen molar-refractivity contribution in [3.05, 3.63) is 59.9 Å². The van der Waals surface area contributed by atoms with Gasteiger partial charge in [-0.3, -0.25) is 0 Å². The zero-order chi connectivity index (χ0) is 17.6. The molecule has 0 saturated carbocycles. The number of para-hydroxylation sites is 2. The minimum absolute atomic E-state index is 0.532. The normalized spacial score (nSPS) is 11.1. The van der Waals surface area contributed by atoms with Crippen molar-refractivity contribution < 1.29 is 0 Å². The lowest BCUT2D eigenvalue weighted by molar-refractivity contribution is 0.826. The fourth-order valence-corrected chi connectivity index (χ4v) is 2.82. The number of fused-ring (bicyclic) bond motifs is 1. The average molecular weight is 331 g/mol. The van der Waals surface area contributed by atoms with Gasteiger partial charge in [0.2, 0.25) is 0 Å². The summed E-state index contributed by atoms with van der Waals surface area (Å²) >= 11 is 0. The molecule has 0 radical (unpaired) electrons. The number of hydrogen-bond donors (Lipinski definition) is 0. The number of nitrogens with zero attached hydrogens (tertiary/aromatic N) is 5. The van der Waals surface area contributed by atoms with E-state index in [0.717, 1.165) is 40.9 Å². The lowest BCUT2D eigenvalue weighted by Gasteiger charge is -2.22. The summed E-state index contributed by atoms with van der Waals surface area (Å²) in [5.74, 6) is 0. The van der Waals surface area contributed by atoms with Crippen molar-refractivity contribution in [3.8, 4) is 6.07 Å². The molecule has 0 amide bonds. The molecule has 3 aromatic rings. The second-order valence-electron chi connectivity index (χ2n) is 5.85. The van der Waals surface area contributed by atoms with Gasteiger partial charge in [-0.2, -0.15) is 10.4 Å². The molecule has 25 heavy (non-hydrogen) atoms. The Morgan fingerprint density at radius 1 is 1.28 bits per heavy atom. The first-order chi connectivity index (χ1) is 12.2. The van der Waals surface area contributed by atoms with Crippen molar-refractivity contribution in [1.29, 1.82) is 5.26 Å². The van der Waals surface area contributed by atoms with E-state index >= 15 is 0 Å². The summed E-state index contributed by atoms with van der Waals surface area (Å²) in [5.41, 5.74) is 5.28. The molecule has 0 aliphatic rings. The monoisotopic (exact) mass is 331 g/mol. The standard InChI is InChI=1S/C20H21N5/c1-3-24(12-6-11-21)18-10-9-17(16(2)13-18)14-23-25-15-22-19-7-4-5-8-20(19)25/h4-5,7-10,13-15H,3,6,12H2,1-2H3/b23-14-. The highest BCUT2D eigenvalue weighted by atomic mass is 15.4. The third kappa shape index (κ3) is 3.69.